The van der Waals surface area contributed by atoms with Gasteiger partial charge in [0, 0.05) is 19.3 Å². The van der Waals surface area contributed by atoms with Crippen molar-refractivity contribution < 1.29 is 28.6 Å². The summed E-state index contributed by atoms with van der Waals surface area (Å²) in [5.74, 6) is -0.914. The number of ether oxygens (including phenoxy) is 3. The van der Waals surface area contributed by atoms with Gasteiger partial charge in [-0.25, -0.2) is 0 Å². The first-order valence-electron chi connectivity index (χ1n) is 21.0. The lowest BCUT2D eigenvalue weighted by atomic mass is 10.1. The maximum Gasteiger partial charge on any atom is 0.306 e. The Balaban J connectivity index is 4.37. The molecular weight excluding hydrogens is 624 g/mol. The molecule has 0 N–H and O–H groups in total. The molecular formula is C44H78O6. The van der Waals surface area contributed by atoms with E-state index in [0.29, 0.717) is 19.3 Å². The number of esters is 3. The smallest absolute Gasteiger partial charge is 0.306 e. The molecule has 0 amide bonds. The van der Waals surface area contributed by atoms with Gasteiger partial charge in [0.25, 0.3) is 0 Å². The first-order chi connectivity index (χ1) is 24.5. The highest BCUT2D eigenvalue weighted by Gasteiger charge is 2.19. The van der Waals surface area contributed by atoms with E-state index in [4.69, 9.17) is 14.2 Å². The normalized spacial score (nSPS) is 12.3. The monoisotopic (exact) mass is 703 g/mol. The van der Waals surface area contributed by atoms with Crippen molar-refractivity contribution in [3.8, 4) is 0 Å². The molecule has 290 valence electrons. The van der Waals surface area contributed by atoms with Crippen molar-refractivity contribution in [3.05, 3.63) is 36.5 Å². The molecule has 0 aromatic carbocycles. The van der Waals surface area contributed by atoms with Crippen molar-refractivity contribution in [2.24, 2.45) is 0 Å². The van der Waals surface area contributed by atoms with Crippen LogP contribution in [0.25, 0.3) is 0 Å². The average molecular weight is 703 g/mol. The summed E-state index contributed by atoms with van der Waals surface area (Å²) in [6.07, 6.45) is 42.7. The molecule has 0 aliphatic carbocycles. The molecule has 0 aliphatic rings. The minimum Gasteiger partial charge on any atom is -0.462 e. The van der Waals surface area contributed by atoms with Crippen LogP contribution in [0.5, 0.6) is 0 Å². The number of allylic oxidation sites excluding steroid dienone is 6. The van der Waals surface area contributed by atoms with E-state index >= 15 is 0 Å². The van der Waals surface area contributed by atoms with Crippen molar-refractivity contribution in [2.45, 2.75) is 213 Å². The molecule has 6 nitrogen and oxygen atoms in total. The van der Waals surface area contributed by atoms with Crippen molar-refractivity contribution in [1.82, 2.24) is 0 Å². The van der Waals surface area contributed by atoms with Gasteiger partial charge in [-0.15, -0.1) is 0 Å². The second-order valence-corrected chi connectivity index (χ2v) is 13.9. The van der Waals surface area contributed by atoms with Crippen LogP contribution in [0.3, 0.4) is 0 Å². The molecule has 50 heavy (non-hydrogen) atoms. The van der Waals surface area contributed by atoms with Gasteiger partial charge in [0.05, 0.1) is 0 Å². The molecule has 0 radical (unpaired) electrons. The van der Waals surface area contributed by atoms with Crippen molar-refractivity contribution in [3.63, 3.8) is 0 Å². The molecule has 0 aromatic heterocycles. The zero-order valence-electron chi connectivity index (χ0n) is 32.9. The van der Waals surface area contributed by atoms with E-state index in [9.17, 15) is 14.4 Å². The number of carbonyl (C=O) groups excluding carboxylic acids is 3. The Hall–Kier alpha value is -2.37. The van der Waals surface area contributed by atoms with E-state index in [0.717, 1.165) is 96.3 Å². The topological polar surface area (TPSA) is 78.9 Å². The van der Waals surface area contributed by atoms with Gasteiger partial charge in [0.15, 0.2) is 6.10 Å². The lowest BCUT2D eigenvalue weighted by molar-refractivity contribution is -0.167. The zero-order chi connectivity index (χ0) is 36.6. The number of rotatable bonds is 37. The Labute approximate surface area is 308 Å². The summed E-state index contributed by atoms with van der Waals surface area (Å²) in [6.45, 7) is 6.47. The Morgan fingerprint density at radius 2 is 0.760 bits per heavy atom. The summed E-state index contributed by atoms with van der Waals surface area (Å²) in [4.78, 5) is 37.5. The fraction of sp³-hybridized carbons (Fsp3) is 0.795. The van der Waals surface area contributed by atoms with Crippen LogP contribution in [0.2, 0.25) is 0 Å². The third kappa shape index (κ3) is 36.9. The van der Waals surface area contributed by atoms with E-state index in [-0.39, 0.29) is 31.1 Å². The quantitative estimate of drug-likeness (QED) is 0.0277. The number of hydrogen-bond acceptors (Lipinski definition) is 6. The SMILES string of the molecule is CCC/C=C\C/C=C\CCCCCCCC(=O)OCC(COC(=O)CCCCCCCCC)OC(=O)CCCCCCC/C=C\CCCCC. The molecule has 0 bridgehead atoms. The third-order valence-electron chi connectivity index (χ3n) is 8.85. The summed E-state index contributed by atoms with van der Waals surface area (Å²) in [7, 11) is 0. The van der Waals surface area contributed by atoms with Crippen LogP contribution in [0.1, 0.15) is 207 Å². The van der Waals surface area contributed by atoms with Gasteiger partial charge in [-0.2, -0.15) is 0 Å². The van der Waals surface area contributed by atoms with Crippen LogP contribution in [0.15, 0.2) is 36.5 Å². The van der Waals surface area contributed by atoms with E-state index in [1.165, 1.54) is 70.6 Å². The molecule has 0 spiro atoms. The van der Waals surface area contributed by atoms with Crippen LogP contribution >= 0.6 is 0 Å². The van der Waals surface area contributed by atoms with Crippen molar-refractivity contribution in [2.75, 3.05) is 13.2 Å². The molecule has 0 fully saturated rings. The van der Waals surface area contributed by atoms with Crippen LogP contribution < -0.4 is 0 Å². The molecule has 1 atom stereocenters. The Bertz CT molecular complexity index is 861. The van der Waals surface area contributed by atoms with Crippen LogP contribution in [0, 0.1) is 0 Å². The van der Waals surface area contributed by atoms with Crippen LogP contribution in [-0.4, -0.2) is 37.2 Å². The van der Waals surface area contributed by atoms with Gasteiger partial charge in [-0.3, -0.25) is 14.4 Å². The molecule has 0 aromatic rings. The highest BCUT2D eigenvalue weighted by molar-refractivity contribution is 5.71. The van der Waals surface area contributed by atoms with E-state index in [1.807, 2.05) is 0 Å². The second-order valence-electron chi connectivity index (χ2n) is 13.9. The Morgan fingerprint density at radius 3 is 1.24 bits per heavy atom. The molecule has 0 rings (SSSR count). The average Bonchev–Trinajstić information content (AvgIpc) is 3.11. The fourth-order valence-corrected chi connectivity index (χ4v) is 5.65. The van der Waals surface area contributed by atoms with E-state index < -0.39 is 6.10 Å². The van der Waals surface area contributed by atoms with Gasteiger partial charge in [-0.05, 0) is 70.6 Å². The number of hydrogen-bond donors (Lipinski definition) is 0. The second kappa shape index (κ2) is 39.4. The summed E-state index contributed by atoms with van der Waals surface area (Å²) in [5, 5.41) is 0. The van der Waals surface area contributed by atoms with Gasteiger partial charge in [0.1, 0.15) is 13.2 Å². The predicted molar refractivity (Wildman–Crippen MR) is 210 cm³/mol. The highest BCUT2D eigenvalue weighted by Crippen LogP contribution is 2.13. The van der Waals surface area contributed by atoms with E-state index in [1.54, 1.807) is 0 Å². The minimum absolute atomic E-state index is 0.0796. The summed E-state index contributed by atoms with van der Waals surface area (Å²) >= 11 is 0. The van der Waals surface area contributed by atoms with Gasteiger partial charge in [-0.1, -0.05) is 154 Å². The molecule has 1 unspecified atom stereocenters. The first-order valence-corrected chi connectivity index (χ1v) is 21.0. The molecule has 0 saturated carbocycles. The minimum atomic E-state index is -0.774. The van der Waals surface area contributed by atoms with Crippen LogP contribution in [0.4, 0.5) is 0 Å². The van der Waals surface area contributed by atoms with Gasteiger partial charge < -0.3 is 14.2 Å². The van der Waals surface area contributed by atoms with Crippen molar-refractivity contribution in [1.29, 1.82) is 0 Å². The van der Waals surface area contributed by atoms with Crippen LogP contribution in [-0.2, 0) is 28.6 Å². The van der Waals surface area contributed by atoms with E-state index in [2.05, 4.69) is 57.2 Å². The lowest BCUT2D eigenvalue weighted by Gasteiger charge is -2.18. The Kier molecular flexibility index (Phi) is 37.5. The number of carbonyl (C=O) groups is 3. The zero-order valence-corrected chi connectivity index (χ0v) is 32.9. The molecule has 6 heteroatoms. The maximum absolute atomic E-state index is 12.6. The largest absolute Gasteiger partial charge is 0.462 e. The maximum atomic E-state index is 12.6. The fourth-order valence-electron chi connectivity index (χ4n) is 5.65. The molecule has 0 heterocycles. The van der Waals surface area contributed by atoms with Gasteiger partial charge >= 0.3 is 17.9 Å². The standard InChI is InChI=1S/C44H78O6/c1-4-7-10-13-16-18-20-22-24-25-28-31-34-37-43(46)49-40-41(39-48-42(45)36-33-30-27-15-12-9-6-3)50-44(47)38-35-32-29-26-23-21-19-17-14-11-8-5-2/h10,13,17-20,41H,4-9,11-12,14-16,21-40H2,1-3H3/b13-10-,19-17-,20-18-. The number of unbranched alkanes of at least 4 members (excludes halogenated alkanes) is 20. The highest BCUT2D eigenvalue weighted by atomic mass is 16.6. The summed E-state index contributed by atoms with van der Waals surface area (Å²) in [5.41, 5.74) is 0. The first kappa shape index (κ1) is 47.6. The summed E-state index contributed by atoms with van der Waals surface area (Å²) < 4.78 is 16.6. The predicted octanol–water partition coefficient (Wildman–Crippen LogP) is 13.0. The lowest BCUT2D eigenvalue weighted by Crippen LogP contribution is -2.30. The van der Waals surface area contributed by atoms with Crippen molar-refractivity contribution >= 4 is 17.9 Å². The third-order valence-corrected chi connectivity index (χ3v) is 8.85. The van der Waals surface area contributed by atoms with Gasteiger partial charge in [0.2, 0.25) is 0 Å². The molecule has 0 aliphatic heterocycles. The summed E-state index contributed by atoms with van der Waals surface area (Å²) in [6, 6.07) is 0. The molecule has 0 saturated heterocycles. The Morgan fingerprint density at radius 1 is 0.400 bits per heavy atom.